The molecule has 0 fully saturated rings. The van der Waals surface area contributed by atoms with Crippen LogP contribution in [0.5, 0.6) is 0 Å². The second kappa shape index (κ2) is 53.2. The molecule has 0 heterocycles. The Morgan fingerprint density at radius 3 is 0.906 bits per heavy atom. The number of carbonyl (C=O) groups excluding carboxylic acids is 3. The minimum atomic E-state index is -0.774. The van der Waals surface area contributed by atoms with Crippen molar-refractivity contribution < 1.29 is 28.6 Å². The molecule has 0 radical (unpaired) electrons. The fraction of sp³-hybridized carbons (Fsp3) is 0.845. The third kappa shape index (κ3) is 50.6. The van der Waals surface area contributed by atoms with Gasteiger partial charge in [0.1, 0.15) is 13.2 Å². The summed E-state index contributed by atoms with van der Waals surface area (Å²) in [6.07, 6.45) is 62.7. The fourth-order valence-electron chi connectivity index (χ4n) is 8.12. The van der Waals surface area contributed by atoms with Gasteiger partial charge in [-0.3, -0.25) is 14.4 Å². The largest absolute Gasteiger partial charge is 0.462 e. The second-order valence-corrected chi connectivity index (χ2v) is 18.8. The molecule has 0 bridgehead atoms. The van der Waals surface area contributed by atoms with Gasteiger partial charge in [0, 0.05) is 19.3 Å². The number of unbranched alkanes of at least 4 members (excludes halogenated alkanes) is 34. The third-order valence-electron chi connectivity index (χ3n) is 12.4. The molecule has 6 heteroatoms. The highest BCUT2D eigenvalue weighted by Gasteiger charge is 2.19. The SMILES string of the molecule is CCCCC/C=C\C/C=C\CCCCCCCCCC(=O)O[C@H](COC(=O)CCCCCCCCC/C=C\CCCCCCCC)COC(=O)CCCCCCCCCCCCCC. The molecule has 0 N–H and O–H groups in total. The molecule has 0 unspecified atom stereocenters. The number of allylic oxidation sites excluding steroid dienone is 6. The molecule has 0 saturated carbocycles. The fourth-order valence-corrected chi connectivity index (χ4v) is 8.12. The van der Waals surface area contributed by atoms with Crippen LogP contribution in [-0.2, 0) is 28.6 Å². The summed E-state index contributed by atoms with van der Waals surface area (Å²) in [5.74, 6) is -0.872. The predicted molar refractivity (Wildman–Crippen MR) is 275 cm³/mol. The highest BCUT2D eigenvalue weighted by molar-refractivity contribution is 5.71. The zero-order valence-electron chi connectivity index (χ0n) is 42.8. The van der Waals surface area contributed by atoms with E-state index in [4.69, 9.17) is 14.2 Å². The Kier molecular flexibility index (Phi) is 51.3. The molecule has 0 aliphatic carbocycles. The molecule has 0 amide bonds. The minimum absolute atomic E-state index is 0.0735. The first-order valence-electron chi connectivity index (χ1n) is 28.0. The molecule has 0 aliphatic heterocycles. The average molecular weight is 899 g/mol. The van der Waals surface area contributed by atoms with Crippen molar-refractivity contribution in [2.75, 3.05) is 13.2 Å². The standard InChI is InChI=1S/C58H106O6/c1-4-7-10-13-16-19-22-25-27-29-31-33-36-39-42-45-48-51-57(60)63-54-55(53-62-56(59)50-47-44-41-38-35-24-21-18-15-12-9-6-3)64-58(61)52-49-46-43-40-37-34-32-30-28-26-23-20-17-14-11-8-5-2/h17,20,25-28,55H,4-16,18-19,21-24,29-54H2,1-3H3/b20-17-,27-25-,28-26-/t55-/m0/s1. The van der Waals surface area contributed by atoms with Gasteiger partial charge in [0.05, 0.1) is 0 Å². The number of ether oxygens (including phenoxy) is 3. The molecule has 0 aromatic carbocycles. The van der Waals surface area contributed by atoms with Gasteiger partial charge >= 0.3 is 17.9 Å². The van der Waals surface area contributed by atoms with Crippen LogP contribution in [-0.4, -0.2) is 37.2 Å². The zero-order chi connectivity index (χ0) is 46.5. The van der Waals surface area contributed by atoms with Gasteiger partial charge in [-0.25, -0.2) is 0 Å². The van der Waals surface area contributed by atoms with E-state index in [0.29, 0.717) is 19.3 Å². The Bertz CT molecular complexity index is 1080. The van der Waals surface area contributed by atoms with E-state index in [2.05, 4.69) is 57.2 Å². The van der Waals surface area contributed by atoms with E-state index in [0.717, 1.165) is 70.6 Å². The lowest BCUT2D eigenvalue weighted by atomic mass is 10.0. The van der Waals surface area contributed by atoms with Gasteiger partial charge in [0.2, 0.25) is 0 Å². The van der Waals surface area contributed by atoms with Gasteiger partial charge < -0.3 is 14.2 Å². The zero-order valence-corrected chi connectivity index (χ0v) is 42.8. The summed E-state index contributed by atoms with van der Waals surface area (Å²) in [4.78, 5) is 38.1. The Labute approximate surface area is 397 Å². The lowest BCUT2D eigenvalue weighted by molar-refractivity contribution is -0.167. The van der Waals surface area contributed by atoms with Gasteiger partial charge in [-0.1, -0.05) is 237 Å². The van der Waals surface area contributed by atoms with Gasteiger partial charge in [-0.05, 0) is 77.0 Å². The van der Waals surface area contributed by atoms with Crippen LogP contribution < -0.4 is 0 Å². The highest BCUT2D eigenvalue weighted by Crippen LogP contribution is 2.16. The Morgan fingerprint density at radius 1 is 0.312 bits per heavy atom. The number of carbonyl (C=O) groups is 3. The van der Waals surface area contributed by atoms with Gasteiger partial charge in [0.25, 0.3) is 0 Å². The Hall–Kier alpha value is -2.37. The predicted octanol–water partition coefficient (Wildman–Crippen LogP) is 18.5. The smallest absolute Gasteiger partial charge is 0.306 e. The molecule has 6 nitrogen and oxygen atoms in total. The molecule has 0 rings (SSSR count). The van der Waals surface area contributed by atoms with Gasteiger partial charge in [-0.2, -0.15) is 0 Å². The molecule has 0 spiro atoms. The minimum Gasteiger partial charge on any atom is -0.462 e. The van der Waals surface area contributed by atoms with Gasteiger partial charge in [0.15, 0.2) is 6.10 Å². The quantitative estimate of drug-likeness (QED) is 0.0262. The molecule has 374 valence electrons. The van der Waals surface area contributed by atoms with Crippen LogP contribution in [0, 0.1) is 0 Å². The van der Waals surface area contributed by atoms with E-state index in [9.17, 15) is 14.4 Å². The van der Waals surface area contributed by atoms with Crippen LogP contribution in [0.3, 0.4) is 0 Å². The molecule has 0 aromatic rings. The average Bonchev–Trinajstić information content (AvgIpc) is 3.29. The Morgan fingerprint density at radius 2 is 0.562 bits per heavy atom. The van der Waals surface area contributed by atoms with Gasteiger partial charge in [-0.15, -0.1) is 0 Å². The van der Waals surface area contributed by atoms with E-state index < -0.39 is 6.10 Å². The summed E-state index contributed by atoms with van der Waals surface area (Å²) in [6.45, 7) is 6.63. The summed E-state index contributed by atoms with van der Waals surface area (Å²) in [5.41, 5.74) is 0. The molecule has 64 heavy (non-hydrogen) atoms. The lowest BCUT2D eigenvalue weighted by Gasteiger charge is -2.18. The number of hydrogen-bond donors (Lipinski definition) is 0. The van der Waals surface area contributed by atoms with Crippen molar-refractivity contribution in [3.8, 4) is 0 Å². The van der Waals surface area contributed by atoms with Crippen LogP contribution >= 0.6 is 0 Å². The van der Waals surface area contributed by atoms with Crippen LogP contribution in [0.4, 0.5) is 0 Å². The summed E-state index contributed by atoms with van der Waals surface area (Å²) in [5, 5.41) is 0. The van der Waals surface area contributed by atoms with E-state index in [1.165, 1.54) is 186 Å². The number of rotatable bonds is 51. The Balaban J connectivity index is 4.35. The maximum absolute atomic E-state index is 12.8. The first-order valence-corrected chi connectivity index (χ1v) is 28.0. The molecule has 0 saturated heterocycles. The molecule has 1 atom stereocenters. The maximum Gasteiger partial charge on any atom is 0.306 e. The summed E-state index contributed by atoms with van der Waals surface area (Å²) >= 11 is 0. The van der Waals surface area contributed by atoms with Crippen molar-refractivity contribution in [2.24, 2.45) is 0 Å². The van der Waals surface area contributed by atoms with Crippen LogP contribution in [0.1, 0.15) is 297 Å². The number of hydrogen-bond acceptors (Lipinski definition) is 6. The van der Waals surface area contributed by atoms with E-state index in [-0.39, 0.29) is 31.1 Å². The van der Waals surface area contributed by atoms with Crippen molar-refractivity contribution >= 4 is 17.9 Å². The van der Waals surface area contributed by atoms with Crippen LogP contribution in [0.15, 0.2) is 36.5 Å². The number of esters is 3. The summed E-state index contributed by atoms with van der Waals surface area (Å²) in [6, 6.07) is 0. The van der Waals surface area contributed by atoms with Crippen molar-refractivity contribution in [2.45, 2.75) is 303 Å². The highest BCUT2D eigenvalue weighted by atomic mass is 16.6. The van der Waals surface area contributed by atoms with Crippen LogP contribution in [0.2, 0.25) is 0 Å². The van der Waals surface area contributed by atoms with E-state index in [1.807, 2.05) is 0 Å². The second-order valence-electron chi connectivity index (χ2n) is 18.8. The molecule has 0 aromatic heterocycles. The molecule has 0 aliphatic rings. The van der Waals surface area contributed by atoms with E-state index in [1.54, 1.807) is 0 Å². The van der Waals surface area contributed by atoms with Crippen molar-refractivity contribution in [1.29, 1.82) is 0 Å². The van der Waals surface area contributed by atoms with Crippen molar-refractivity contribution in [3.05, 3.63) is 36.5 Å². The van der Waals surface area contributed by atoms with Crippen molar-refractivity contribution in [1.82, 2.24) is 0 Å². The summed E-state index contributed by atoms with van der Waals surface area (Å²) in [7, 11) is 0. The van der Waals surface area contributed by atoms with E-state index >= 15 is 0 Å². The monoisotopic (exact) mass is 899 g/mol. The maximum atomic E-state index is 12.8. The molecular weight excluding hydrogens is 793 g/mol. The van der Waals surface area contributed by atoms with Crippen molar-refractivity contribution in [3.63, 3.8) is 0 Å². The first kappa shape index (κ1) is 61.6. The normalized spacial score (nSPS) is 12.2. The topological polar surface area (TPSA) is 78.9 Å². The van der Waals surface area contributed by atoms with Crippen LogP contribution in [0.25, 0.3) is 0 Å². The third-order valence-corrected chi connectivity index (χ3v) is 12.4. The molecular formula is C58H106O6. The lowest BCUT2D eigenvalue weighted by Crippen LogP contribution is -2.30. The first-order chi connectivity index (χ1) is 31.5. The summed E-state index contributed by atoms with van der Waals surface area (Å²) < 4.78 is 16.8.